The number of aliphatic hydroxyl groups excluding tert-OH is 1. The molecule has 4 aromatic rings. The second kappa shape index (κ2) is 62.9. The minimum absolute atomic E-state index is 0.0785. The number of benzene rings is 4. The molecule has 0 spiro atoms. The van der Waals surface area contributed by atoms with Gasteiger partial charge in [-0.2, -0.15) is 0 Å². The van der Waals surface area contributed by atoms with E-state index >= 15 is 0 Å². The maximum Gasteiger partial charge on any atom is 0.306 e. The summed E-state index contributed by atoms with van der Waals surface area (Å²) in [5.41, 5.74) is 0. The van der Waals surface area contributed by atoms with Gasteiger partial charge in [-0.05, 0) is 75.8 Å². The van der Waals surface area contributed by atoms with Crippen LogP contribution < -0.4 is 20.7 Å². The van der Waals surface area contributed by atoms with E-state index in [1.807, 2.05) is 12.1 Å². The van der Waals surface area contributed by atoms with Crippen LogP contribution in [0.4, 0.5) is 0 Å². The van der Waals surface area contributed by atoms with E-state index in [4.69, 9.17) is 32.5 Å². The lowest BCUT2D eigenvalue weighted by molar-refractivity contribution is -0.156. The van der Waals surface area contributed by atoms with Gasteiger partial charge in [0.1, 0.15) is 18.3 Å². The fraction of sp³-hybridized carbons (Fsp3) is 0.719. The molecule has 11 nitrogen and oxygen atoms in total. The van der Waals surface area contributed by atoms with E-state index in [-0.39, 0.29) is 66.6 Å². The van der Waals surface area contributed by atoms with Crippen LogP contribution in [0.15, 0.2) is 121 Å². The first-order chi connectivity index (χ1) is 52.9. The topological polar surface area (TPSA) is 136 Å². The highest BCUT2D eigenvalue weighted by atomic mass is 28.4. The van der Waals surface area contributed by atoms with Crippen LogP contribution in [0.3, 0.4) is 0 Å². The Balaban J connectivity index is 0.000000587. The zero-order valence-electron chi connectivity index (χ0n) is 71.7. The summed E-state index contributed by atoms with van der Waals surface area (Å²) >= 11 is 0. The van der Waals surface area contributed by atoms with Crippen LogP contribution in [0.25, 0.3) is 0 Å². The molecule has 0 aliphatic heterocycles. The zero-order valence-corrected chi connectivity index (χ0v) is 73.7. The van der Waals surface area contributed by atoms with Crippen molar-refractivity contribution < 1.29 is 52.0 Å². The van der Waals surface area contributed by atoms with Crippen LogP contribution >= 0.6 is 0 Å². The number of carbonyl (C=O) groups is 3. The third kappa shape index (κ3) is 43.6. The molecule has 0 heterocycles. The number of hydrogen-bond donors (Lipinski definition) is 1. The van der Waals surface area contributed by atoms with Crippen molar-refractivity contribution in [3.05, 3.63) is 121 Å². The molecule has 0 bridgehead atoms. The highest BCUT2D eigenvalue weighted by molar-refractivity contribution is 7.00. The van der Waals surface area contributed by atoms with Crippen molar-refractivity contribution >= 4 is 55.3 Å². The van der Waals surface area contributed by atoms with Gasteiger partial charge >= 0.3 is 17.9 Å². The lowest BCUT2D eigenvalue weighted by Crippen LogP contribution is -2.67. The van der Waals surface area contributed by atoms with E-state index in [1.165, 1.54) is 207 Å². The van der Waals surface area contributed by atoms with Gasteiger partial charge in [0, 0.05) is 32.1 Å². The fourth-order valence-corrected chi connectivity index (χ4v) is 24.5. The Kier molecular flexibility index (Phi) is 57.0. The summed E-state index contributed by atoms with van der Waals surface area (Å²) in [6.07, 6.45) is 50.3. The van der Waals surface area contributed by atoms with Crippen LogP contribution in [0.1, 0.15) is 372 Å². The first kappa shape index (κ1) is 98.7. The van der Waals surface area contributed by atoms with Crippen molar-refractivity contribution in [2.45, 2.75) is 406 Å². The average Bonchev–Trinajstić information content (AvgIpc) is 0.756. The van der Waals surface area contributed by atoms with Gasteiger partial charge in [0.2, 0.25) is 0 Å². The molecule has 109 heavy (non-hydrogen) atoms. The molecule has 0 fully saturated rings. The third-order valence-electron chi connectivity index (χ3n) is 21.7. The Morgan fingerprint density at radius 2 is 0.532 bits per heavy atom. The predicted molar refractivity (Wildman–Crippen MR) is 465 cm³/mol. The predicted octanol–water partition coefficient (Wildman–Crippen LogP) is 24.3. The molecule has 4 aromatic carbocycles. The summed E-state index contributed by atoms with van der Waals surface area (Å²) in [6.45, 7) is 26.5. The van der Waals surface area contributed by atoms with E-state index in [0.29, 0.717) is 45.3 Å². The standard InChI is InChI=1S/C55H94O6Si.C41H68O5Si/c1-7-10-13-16-18-20-21-23-25-28-37-44-54(57)61-50(48-59-62(55(4,5)6,51-39-32-29-33-40-51)52-41-34-30-35-42-52)47-58-46-45-49(38-31-26-15-12-9-3)60-53(56)43-36-27-24-22-19-17-14-11-8-2;1-6-8-10-12-13-14-15-17-25-31-40(43)46-37(26-20-16-11-9-7-2)32-33-44-34-36(42)35-45-47(41(3,4)5,38-27-21-18-22-28-38)39-29-23-19-24-30-39/h29-30,32-35,39-42,49-50H,7-28,31,36-38,43-48H2,1-6H3;18-19,21-24,27-30,36-37,42H,6-17,20,25-26,31-35H2,1-5H3/t49-,50-;36-,37-/m11/s1. The number of hydrogen-bond acceptors (Lipinski definition) is 11. The van der Waals surface area contributed by atoms with Gasteiger partial charge in [-0.1, -0.05) is 416 Å². The molecule has 620 valence electrons. The number of unbranched alkanes of at least 4 members (excludes halogenated alkanes) is 34. The largest absolute Gasteiger partial charge is 0.462 e. The van der Waals surface area contributed by atoms with Gasteiger partial charge in [0.15, 0.2) is 0 Å². The van der Waals surface area contributed by atoms with Crippen molar-refractivity contribution in [1.82, 2.24) is 0 Å². The van der Waals surface area contributed by atoms with Gasteiger partial charge in [0.25, 0.3) is 16.6 Å². The molecule has 13 heteroatoms. The molecular weight excluding hydrogens is 1390 g/mol. The Labute approximate surface area is 670 Å². The number of aliphatic hydroxyl groups is 1. The molecule has 0 aromatic heterocycles. The van der Waals surface area contributed by atoms with E-state index in [9.17, 15) is 19.5 Å². The Morgan fingerprint density at radius 1 is 0.294 bits per heavy atom. The van der Waals surface area contributed by atoms with Gasteiger partial charge in [0.05, 0.1) is 45.7 Å². The molecule has 1 N–H and O–H groups in total. The van der Waals surface area contributed by atoms with Crippen molar-refractivity contribution in [3.8, 4) is 0 Å². The molecule has 0 saturated heterocycles. The average molecular weight is 1550 g/mol. The highest BCUT2D eigenvalue weighted by Crippen LogP contribution is 2.38. The van der Waals surface area contributed by atoms with Gasteiger partial charge in [-0.3, -0.25) is 14.4 Å². The van der Waals surface area contributed by atoms with Crippen molar-refractivity contribution in [3.63, 3.8) is 0 Å². The number of carbonyl (C=O) groups excluding carboxylic acids is 3. The van der Waals surface area contributed by atoms with Gasteiger partial charge < -0.3 is 37.6 Å². The molecule has 0 radical (unpaired) electrons. The van der Waals surface area contributed by atoms with Crippen LogP contribution in [0.5, 0.6) is 0 Å². The quantitative estimate of drug-likeness (QED) is 0.0196. The molecule has 0 saturated carbocycles. The summed E-state index contributed by atoms with van der Waals surface area (Å²) in [4.78, 5) is 39.2. The highest BCUT2D eigenvalue weighted by Gasteiger charge is 2.52. The van der Waals surface area contributed by atoms with E-state index in [0.717, 1.165) is 77.0 Å². The SMILES string of the molecule is CCCCCCCCCCCC(=O)O[C@H](CCCCCCC)CCOC[C@@H](O)CO[Si](c1ccccc1)(c1ccccc1)C(C)(C)C.CCCCCCCCCCCCCC(=O)O[C@H](COCC[C@@H](CCCCCCC)OC(=O)CCCCCCCCCCC)CO[Si](c1ccccc1)(c1ccccc1)C(C)(C)C. The first-order valence-corrected chi connectivity index (χ1v) is 48.7. The Morgan fingerprint density at radius 3 is 0.807 bits per heavy atom. The van der Waals surface area contributed by atoms with E-state index in [2.05, 4.69) is 185 Å². The maximum absolute atomic E-state index is 13.4. The summed E-state index contributed by atoms with van der Waals surface area (Å²) in [5.74, 6) is -0.347. The zero-order chi connectivity index (χ0) is 79.2. The summed E-state index contributed by atoms with van der Waals surface area (Å²) in [7, 11) is -5.58. The minimum Gasteiger partial charge on any atom is -0.462 e. The summed E-state index contributed by atoms with van der Waals surface area (Å²) in [5, 5.41) is 15.4. The lowest BCUT2D eigenvalue weighted by Gasteiger charge is -2.43. The molecule has 0 aliphatic carbocycles. The van der Waals surface area contributed by atoms with Crippen molar-refractivity contribution in [2.75, 3.05) is 39.6 Å². The van der Waals surface area contributed by atoms with Crippen LogP contribution in [-0.4, -0.2) is 104 Å². The third-order valence-corrected chi connectivity index (χ3v) is 31.7. The Hall–Kier alpha value is -4.48. The second-order valence-corrected chi connectivity index (χ2v) is 42.1. The van der Waals surface area contributed by atoms with Crippen molar-refractivity contribution in [1.29, 1.82) is 0 Å². The molecular formula is C96H162O11Si2. The number of esters is 3. The number of rotatable bonds is 67. The summed E-state index contributed by atoms with van der Waals surface area (Å²) < 4.78 is 44.8. The number of ether oxygens (including phenoxy) is 5. The van der Waals surface area contributed by atoms with Gasteiger partial charge in [-0.25, -0.2) is 0 Å². The summed E-state index contributed by atoms with van der Waals surface area (Å²) in [6, 6.07) is 42.2. The molecule has 0 amide bonds. The van der Waals surface area contributed by atoms with Crippen LogP contribution in [-0.2, 0) is 46.9 Å². The molecule has 4 rings (SSSR count). The smallest absolute Gasteiger partial charge is 0.306 e. The maximum atomic E-state index is 13.4. The lowest BCUT2D eigenvalue weighted by atomic mass is 10.1. The molecule has 0 unspecified atom stereocenters. The monoisotopic (exact) mass is 1550 g/mol. The first-order valence-electron chi connectivity index (χ1n) is 44.8. The van der Waals surface area contributed by atoms with Crippen LogP contribution in [0, 0.1) is 0 Å². The normalized spacial score (nSPS) is 13.1. The Bertz CT molecular complexity index is 2680. The molecule has 4 atom stereocenters. The van der Waals surface area contributed by atoms with E-state index in [1.54, 1.807) is 0 Å². The fourth-order valence-electron chi connectivity index (χ4n) is 15.3. The molecule has 0 aliphatic rings. The van der Waals surface area contributed by atoms with Gasteiger partial charge in [-0.15, -0.1) is 0 Å². The second-order valence-electron chi connectivity index (χ2n) is 33.5. The van der Waals surface area contributed by atoms with Crippen molar-refractivity contribution in [2.24, 2.45) is 0 Å². The minimum atomic E-state index is -2.86. The van der Waals surface area contributed by atoms with E-state index < -0.39 is 28.8 Å². The van der Waals surface area contributed by atoms with Crippen LogP contribution in [0.2, 0.25) is 10.1 Å².